The highest BCUT2D eigenvalue weighted by Gasteiger charge is 2.09. The average molecular weight is 353 g/mol. The van der Waals surface area contributed by atoms with Crippen molar-refractivity contribution in [1.82, 2.24) is 5.32 Å². The number of hydrogen-bond acceptors (Lipinski definition) is 2. The third-order valence-electron chi connectivity index (χ3n) is 2.21. The van der Waals surface area contributed by atoms with Gasteiger partial charge in [-0.1, -0.05) is 0 Å². The maximum Gasteiger partial charge on any atom is 0.170 e. The number of thiocarbonyl (C=S) groups is 1. The molecule has 1 rings (SSSR count). The lowest BCUT2D eigenvalue weighted by molar-refractivity contribution is 0.146. The van der Waals surface area contributed by atoms with Crippen molar-refractivity contribution in [3.05, 3.63) is 28.2 Å². The van der Waals surface area contributed by atoms with Crippen LogP contribution >= 0.6 is 28.1 Å². The van der Waals surface area contributed by atoms with E-state index in [-0.39, 0.29) is 15.3 Å². The number of ether oxygens (including phenoxy) is 1. The van der Waals surface area contributed by atoms with Crippen LogP contribution in [0.4, 0.5) is 14.5 Å². The van der Waals surface area contributed by atoms with E-state index in [1.165, 1.54) is 6.07 Å². The molecule has 106 valence electrons. The Hall–Kier alpha value is -0.790. The summed E-state index contributed by atoms with van der Waals surface area (Å²) in [4.78, 5) is 0. The van der Waals surface area contributed by atoms with Gasteiger partial charge < -0.3 is 15.4 Å². The van der Waals surface area contributed by atoms with Gasteiger partial charge in [0.1, 0.15) is 11.6 Å². The Kier molecular flexibility index (Phi) is 7.19. The van der Waals surface area contributed by atoms with Gasteiger partial charge in [0.15, 0.2) is 5.11 Å². The van der Waals surface area contributed by atoms with Crippen molar-refractivity contribution in [3.63, 3.8) is 0 Å². The van der Waals surface area contributed by atoms with Crippen LogP contribution < -0.4 is 10.6 Å². The Morgan fingerprint density at radius 3 is 2.79 bits per heavy atom. The zero-order valence-corrected chi connectivity index (χ0v) is 12.8. The molecule has 19 heavy (non-hydrogen) atoms. The van der Waals surface area contributed by atoms with E-state index < -0.39 is 11.6 Å². The fraction of sp³-hybridized carbons (Fsp3) is 0.417. The number of nitrogens with one attached hydrogen (secondary N) is 2. The van der Waals surface area contributed by atoms with Gasteiger partial charge in [-0.3, -0.25) is 0 Å². The lowest BCUT2D eigenvalue weighted by Gasteiger charge is -2.11. The maximum atomic E-state index is 13.4. The van der Waals surface area contributed by atoms with E-state index in [1.807, 2.05) is 6.92 Å². The van der Waals surface area contributed by atoms with E-state index >= 15 is 0 Å². The number of benzene rings is 1. The van der Waals surface area contributed by atoms with Crippen LogP contribution in [0.5, 0.6) is 0 Å². The number of anilines is 1. The second-order valence-corrected chi connectivity index (χ2v) is 4.94. The third kappa shape index (κ3) is 5.80. The highest BCUT2D eigenvalue weighted by Crippen LogP contribution is 2.23. The lowest BCUT2D eigenvalue weighted by atomic mass is 10.3. The van der Waals surface area contributed by atoms with Crippen LogP contribution in [0.25, 0.3) is 0 Å². The molecule has 0 spiro atoms. The molecule has 0 aliphatic heterocycles. The van der Waals surface area contributed by atoms with Crippen molar-refractivity contribution < 1.29 is 13.5 Å². The van der Waals surface area contributed by atoms with E-state index in [0.29, 0.717) is 19.8 Å². The Morgan fingerprint density at radius 1 is 1.37 bits per heavy atom. The Labute approximate surface area is 124 Å². The fourth-order valence-electron chi connectivity index (χ4n) is 1.31. The Bertz CT molecular complexity index is 446. The minimum atomic E-state index is -0.695. The molecule has 0 bridgehead atoms. The van der Waals surface area contributed by atoms with Crippen LogP contribution in [0.15, 0.2) is 16.6 Å². The SMILES string of the molecule is CCOCCCNC(=S)Nc1cc(Br)c(F)cc1F. The molecule has 1 aromatic rings. The van der Waals surface area contributed by atoms with Gasteiger partial charge in [-0.05, 0) is 47.6 Å². The molecule has 0 radical (unpaired) electrons. The maximum absolute atomic E-state index is 13.4. The normalized spacial score (nSPS) is 10.3. The van der Waals surface area contributed by atoms with Crippen LogP contribution in [0.3, 0.4) is 0 Å². The monoisotopic (exact) mass is 352 g/mol. The molecule has 0 aliphatic carbocycles. The van der Waals surface area contributed by atoms with Crippen molar-refractivity contribution >= 4 is 38.9 Å². The minimum absolute atomic E-state index is 0.121. The summed E-state index contributed by atoms with van der Waals surface area (Å²) in [6, 6.07) is 2.10. The first-order valence-corrected chi connectivity index (χ1v) is 7.02. The zero-order chi connectivity index (χ0) is 14.3. The molecule has 7 heteroatoms. The largest absolute Gasteiger partial charge is 0.382 e. The molecule has 0 aromatic heterocycles. The minimum Gasteiger partial charge on any atom is -0.382 e. The Balaban J connectivity index is 2.42. The van der Waals surface area contributed by atoms with Crippen LogP contribution in [0, 0.1) is 11.6 Å². The van der Waals surface area contributed by atoms with Crippen molar-refractivity contribution in [3.8, 4) is 0 Å². The molecule has 0 fully saturated rings. The molecule has 0 amide bonds. The van der Waals surface area contributed by atoms with Gasteiger partial charge in [0, 0.05) is 25.8 Å². The molecule has 0 saturated heterocycles. The summed E-state index contributed by atoms with van der Waals surface area (Å²) in [6.45, 7) is 3.87. The third-order valence-corrected chi connectivity index (χ3v) is 3.07. The topological polar surface area (TPSA) is 33.3 Å². The van der Waals surface area contributed by atoms with Crippen LogP contribution in [-0.4, -0.2) is 24.9 Å². The Morgan fingerprint density at radius 2 is 2.11 bits per heavy atom. The van der Waals surface area contributed by atoms with Gasteiger partial charge in [-0.25, -0.2) is 8.78 Å². The molecule has 0 saturated carbocycles. The molecule has 0 heterocycles. The summed E-state index contributed by atoms with van der Waals surface area (Å²) < 4.78 is 31.8. The molecule has 1 aromatic carbocycles. The van der Waals surface area contributed by atoms with Crippen molar-refractivity contribution in [2.45, 2.75) is 13.3 Å². The van der Waals surface area contributed by atoms with Crippen LogP contribution in [0.1, 0.15) is 13.3 Å². The van der Waals surface area contributed by atoms with Crippen LogP contribution in [0.2, 0.25) is 0 Å². The first kappa shape index (κ1) is 16.3. The predicted octanol–water partition coefficient (Wildman–Crippen LogP) is 3.44. The van der Waals surface area contributed by atoms with Gasteiger partial charge >= 0.3 is 0 Å². The quantitative estimate of drug-likeness (QED) is 0.466. The van der Waals surface area contributed by atoms with E-state index in [9.17, 15) is 8.78 Å². The van der Waals surface area contributed by atoms with Crippen LogP contribution in [-0.2, 0) is 4.74 Å². The number of hydrogen-bond donors (Lipinski definition) is 2. The summed E-state index contributed by atoms with van der Waals surface area (Å²) in [5.41, 5.74) is 0.121. The summed E-state index contributed by atoms with van der Waals surface area (Å²) in [7, 11) is 0. The molecule has 2 N–H and O–H groups in total. The first-order valence-electron chi connectivity index (χ1n) is 5.81. The van der Waals surface area contributed by atoms with E-state index in [4.69, 9.17) is 17.0 Å². The van der Waals surface area contributed by atoms with Gasteiger partial charge in [-0.15, -0.1) is 0 Å². The zero-order valence-electron chi connectivity index (χ0n) is 10.4. The van der Waals surface area contributed by atoms with Crippen molar-refractivity contribution in [2.24, 2.45) is 0 Å². The number of halogens is 3. The van der Waals surface area contributed by atoms with E-state index in [0.717, 1.165) is 12.5 Å². The average Bonchev–Trinajstić information content (AvgIpc) is 2.35. The smallest absolute Gasteiger partial charge is 0.170 e. The molecule has 0 atom stereocenters. The predicted molar refractivity (Wildman–Crippen MR) is 79.4 cm³/mol. The molecule has 0 unspecified atom stereocenters. The molecule has 3 nitrogen and oxygen atoms in total. The molecular weight excluding hydrogens is 338 g/mol. The van der Waals surface area contributed by atoms with Crippen molar-refractivity contribution in [1.29, 1.82) is 0 Å². The fourth-order valence-corrected chi connectivity index (χ4v) is 1.86. The van der Waals surface area contributed by atoms with E-state index in [2.05, 4.69) is 26.6 Å². The second-order valence-electron chi connectivity index (χ2n) is 3.68. The van der Waals surface area contributed by atoms with Gasteiger partial charge in [0.25, 0.3) is 0 Å². The highest BCUT2D eigenvalue weighted by molar-refractivity contribution is 9.10. The van der Waals surface area contributed by atoms with E-state index in [1.54, 1.807) is 0 Å². The molecular formula is C12H15BrF2N2OS. The summed E-state index contributed by atoms with van der Waals surface area (Å²) in [5.74, 6) is -1.35. The van der Waals surface area contributed by atoms with Gasteiger partial charge in [0.2, 0.25) is 0 Å². The second kappa shape index (κ2) is 8.39. The lowest BCUT2D eigenvalue weighted by Crippen LogP contribution is -2.30. The van der Waals surface area contributed by atoms with Gasteiger partial charge in [-0.2, -0.15) is 0 Å². The van der Waals surface area contributed by atoms with Crippen molar-refractivity contribution in [2.75, 3.05) is 25.1 Å². The highest BCUT2D eigenvalue weighted by atomic mass is 79.9. The summed E-state index contributed by atoms with van der Waals surface area (Å²) in [5, 5.41) is 5.88. The summed E-state index contributed by atoms with van der Waals surface area (Å²) in [6.07, 6.45) is 0.797. The molecule has 0 aliphatic rings. The van der Waals surface area contributed by atoms with Gasteiger partial charge in [0.05, 0.1) is 10.2 Å². The first-order chi connectivity index (χ1) is 9.04. The standard InChI is InChI=1S/C12H15BrF2N2OS/c1-2-18-5-3-4-16-12(19)17-11-6-8(13)9(14)7-10(11)15/h6-7H,2-5H2,1H3,(H2,16,17,19). The number of rotatable bonds is 6. The summed E-state index contributed by atoms with van der Waals surface area (Å²) >= 11 is 8.00.